The first-order chi connectivity index (χ1) is 8.08. The molecule has 0 heterocycles. The first-order valence-corrected chi connectivity index (χ1v) is 5.44. The van der Waals surface area contributed by atoms with Crippen molar-refractivity contribution < 1.29 is 9.53 Å². The lowest BCUT2D eigenvalue weighted by atomic mass is 10.2. The molecule has 0 saturated carbocycles. The number of rotatable bonds is 4. The Hall–Kier alpha value is -1.73. The largest absolute Gasteiger partial charge is 0.469 e. The van der Waals surface area contributed by atoms with Crippen LogP contribution in [0.2, 0.25) is 5.02 Å². The number of benzene rings is 1. The number of methoxy groups -OCH3 is 1. The third-order valence-corrected chi connectivity index (χ3v) is 2.61. The van der Waals surface area contributed by atoms with Gasteiger partial charge < -0.3 is 9.64 Å². The minimum absolute atomic E-state index is 0.268. The van der Waals surface area contributed by atoms with E-state index >= 15 is 0 Å². The molecule has 4 nitrogen and oxygen atoms in total. The predicted octanol–water partition coefficient (Wildman–Crippen LogP) is 2.21. The molecule has 0 bridgehead atoms. The van der Waals surface area contributed by atoms with Gasteiger partial charge in [0.15, 0.2) is 0 Å². The molecule has 0 unspecified atom stereocenters. The molecule has 0 aliphatic heterocycles. The molecule has 0 amide bonds. The lowest BCUT2D eigenvalue weighted by Crippen LogP contribution is -2.22. The summed E-state index contributed by atoms with van der Waals surface area (Å²) >= 11 is 5.88. The number of hydrogen-bond donors (Lipinski definition) is 0. The van der Waals surface area contributed by atoms with Gasteiger partial charge in [0.25, 0.3) is 0 Å². The Morgan fingerprint density at radius 3 is 2.88 bits per heavy atom. The van der Waals surface area contributed by atoms with Gasteiger partial charge in [-0.05, 0) is 18.2 Å². The van der Waals surface area contributed by atoms with E-state index in [9.17, 15) is 4.79 Å². The second kappa shape index (κ2) is 6.12. The Kier molecular flexibility index (Phi) is 4.80. The smallest absolute Gasteiger partial charge is 0.307 e. The Labute approximate surface area is 105 Å². The van der Waals surface area contributed by atoms with Crippen LogP contribution in [-0.2, 0) is 9.53 Å². The molecule has 0 aliphatic rings. The minimum atomic E-state index is -0.280. The quantitative estimate of drug-likeness (QED) is 0.771. The minimum Gasteiger partial charge on any atom is -0.469 e. The van der Waals surface area contributed by atoms with Crippen LogP contribution in [0.1, 0.15) is 12.0 Å². The van der Waals surface area contributed by atoms with E-state index in [1.807, 2.05) is 0 Å². The summed E-state index contributed by atoms with van der Waals surface area (Å²) in [5.41, 5.74) is 1.24. The molecule has 0 atom stereocenters. The number of halogens is 1. The fourth-order valence-electron chi connectivity index (χ4n) is 1.40. The number of nitriles is 1. The number of esters is 1. The maximum atomic E-state index is 11.0. The standard InChI is InChI=1S/C12H13ClN2O2/c1-15(6-5-12(16)17-2)11-7-10(13)4-3-9(11)8-14/h3-4,7H,5-6H2,1-2H3. The highest BCUT2D eigenvalue weighted by molar-refractivity contribution is 6.30. The summed E-state index contributed by atoms with van der Waals surface area (Å²) in [6.07, 6.45) is 0.268. The Balaban J connectivity index is 2.81. The van der Waals surface area contributed by atoms with Gasteiger partial charge in [0.1, 0.15) is 6.07 Å². The summed E-state index contributed by atoms with van der Waals surface area (Å²) in [7, 11) is 3.15. The second-order valence-electron chi connectivity index (χ2n) is 3.52. The molecule has 0 radical (unpaired) electrons. The molecule has 0 aromatic heterocycles. The van der Waals surface area contributed by atoms with Crippen LogP contribution in [0.15, 0.2) is 18.2 Å². The molecular formula is C12H13ClN2O2. The summed E-state index contributed by atoms with van der Waals surface area (Å²) in [6, 6.07) is 7.12. The molecular weight excluding hydrogens is 240 g/mol. The Morgan fingerprint density at radius 2 is 2.29 bits per heavy atom. The van der Waals surface area contributed by atoms with Gasteiger partial charge in [-0.2, -0.15) is 5.26 Å². The number of hydrogen-bond acceptors (Lipinski definition) is 4. The lowest BCUT2D eigenvalue weighted by Gasteiger charge is -2.20. The van der Waals surface area contributed by atoms with E-state index in [0.29, 0.717) is 22.8 Å². The van der Waals surface area contributed by atoms with Crippen LogP contribution in [0, 0.1) is 11.3 Å². The van der Waals surface area contributed by atoms with E-state index in [0.717, 1.165) is 0 Å². The number of carbonyl (C=O) groups excluding carboxylic acids is 1. The summed E-state index contributed by atoms with van der Waals surface area (Å²) in [5.74, 6) is -0.280. The first-order valence-electron chi connectivity index (χ1n) is 5.06. The maximum absolute atomic E-state index is 11.0. The van der Waals surface area contributed by atoms with Crippen molar-refractivity contribution >= 4 is 23.3 Å². The highest BCUT2D eigenvalue weighted by atomic mass is 35.5. The molecule has 0 N–H and O–H groups in total. The third-order valence-electron chi connectivity index (χ3n) is 2.37. The molecule has 90 valence electrons. The predicted molar refractivity (Wildman–Crippen MR) is 66.1 cm³/mol. The maximum Gasteiger partial charge on any atom is 0.307 e. The topological polar surface area (TPSA) is 53.3 Å². The van der Waals surface area contributed by atoms with E-state index in [2.05, 4.69) is 10.8 Å². The number of nitrogens with zero attached hydrogens (tertiary/aromatic N) is 2. The molecule has 0 spiro atoms. The Bertz CT molecular complexity index is 454. The van der Waals surface area contributed by atoms with Crippen molar-refractivity contribution in [3.05, 3.63) is 28.8 Å². The van der Waals surface area contributed by atoms with Gasteiger partial charge in [0.2, 0.25) is 0 Å². The van der Waals surface area contributed by atoms with Gasteiger partial charge in [0, 0.05) is 18.6 Å². The SMILES string of the molecule is COC(=O)CCN(C)c1cc(Cl)ccc1C#N. The van der Waals surface area contributed by atoms with E-state index < -0.39 is 0 Å². The summed E-state index contributed by atoms with van der Waals surface area (Å²) in [5, 5.41) is 9.53. The molecule has 0 aliphatic carbocycles. The van der Waals surface area contributed by atoms with Crippen molar-refractivity contribution in [3.63, 3.8) is 0 Å². The molecule has 0 saturated heterocycles. The Morgan fingerprint density at radius 1 is 1.59 bits per heavy atom. The van der Waals surface area contributed by atoms with Gasteiger partial charge in [-0.1, -0.05) is 11.6 Å². The van der Waals surface area contributed by atoms with Crippen molar-refractivity contribution in [2.75, 3.05) is 25.6 Å². The van der Waals surface area contributed by atoms with Crippen molar-refractivity contribution in [1.29, 1.82) is 5.26 Å². The number of ether oxygens (including phenoxy) is 1. The van der Waals surface area contributed by atoms with Crippen molar-refractivity contribution in [3.8, 4) is 6.07 Å². The molecule has 1 rings (SSSR count). The lowest BCUT2D eigenvalue weighted by molar-refractivity contribution is -0.140. The first kappa shape index (κ1) is 13.3. The van der Waals surface area contributed by atoms with E-state index in [1.165, 1.54) is 7.11 Å². The van der Waals surface area contributed by atoms with Crippen molar-refractivity contribution in [2.45, 2.75) is 6.42 Å². The van der Waals surface area contributed by atoms with E-state index in [1.54, 1.807) is 30.1 Å². The molecule has 0 fully saturated rings. The molecule has 1 aromatic carbocycles. The van der Waals surface area contributed by atoms with Crippen LogP contribution in [0.4, 0.5) is 5.69 Å². The van der Waals surface area contributed by atoms with E-state index in [4.69, 9.17) is 16.9 Å². The molecule has 5 heteroatoms. The van der Waals surface area contributed by atoms with Crippen LogP contribution in [0.5, 0.6) is 0 Å². The van der Waals surface area contributed by atoms with Crippen LogP contribution in [-0.4, -0.2) is 26.7 Å². The van der Waals surface area contributed by atoms with Crippen LogP contribution < -0.4 is 4.90 Å². The second-order valence-corrected chi connectivity index (χ2v) is 3.96. The highest BCUT2D eigenvalue weighted by Crippen LogP contribution is 2.23. The number of anilines is 1. The summed E-state index contributed by atoms with van der Waals surface area (Å²) in [6.45, 7) is 0.474. The fraction of sp³-hybridized carbons (Fsp3) is 0.333. The van der Waals surface area contributed by atoms with E-state index in [-0.39, 0.29) is 12.4 Å². The zero-order valence-corrected chi connectivity index (χ0v) is 10.5. The van der Waals surface area contributed by atoms with Gasteiger partial charge >= 0.3 is 5.97 Å². The van der Waals surface area contributed by atoms with Crippen LogP contribution in [0.3, 0.4) is 0 Å². The van der Waals surface area contributed by atoms with Crippen molar-refractivity contribution in [2.24, 2.45) is 0 Å². The average molecular weight is 253 g/mol. The van der Waals surface area contributed by atoms with Crippen LogP contribution >= 0.6 is 11.6 Å². The van der Waals surface area contributed by atoms with Crippen LogP contribution in [0.25, 0.3) is 0 Å². The van der Waals surface area contributed by atoms with Gasteiger partial charge in [-0.25, -0.2) is 0 Å². The monoisotopic (exact) mass is 252 g/mol. The normalized spacial score (nSPS) is 9.53. The molecule has 1 aromatic rings. The summed E-state index contributed by atoms with van der Waals surface area (Å²) < 4.78 is 4.56. The third kappa shape index (κ3) is 3.65. The summed E-state index contributed by atoms with van der Waals surface area (Å²) in [4.78, 5) is 12.8. The highest BCUT2D eigenvalue weighted by Gasteiger charge is 2.10. The zero-order chi connectivity index (χ0) is 12.8. The fourth-order valence-corrected chi connectivity index (χ4v) is 1.56. The zero-order valence-electron chi connectivity index (χ0n) is 9.74. The number of carbonyl (C=O) groups is 1. The van der Waals surface area contributed by atoms with Gasteiger partial charge in [-0.3, -0.25) is 4.79 Å². The average Bonchev–Trinajstić information content (AvgIpc) is 2.35. The van der Waals surface area contributed by atoms with Crippen molar-refractivity contribution in [1.82, 2.24) is 0 Å². The van der Waals surface area contributed by atoms with Gasteiger partial charge in [-0.15, -0.1) is 0 Å². The van der Waals surface area contributed by atoms with Gasteiger partial charge in [0.05, 0.1) is 24.8 Å². The molecule has 17 heavy (non-hydrogen) atoms.